The molecule has 1 saturated heterocycles. The Morgan fingerprint density at radius 1 is 0.947 bits per heavy atom. The molecule has 0 radical (unpaired) electrons. The molecule has 198 valence electrons. The van der Waals surface area contributed by atoms with Crippen molar-refractivity contribution in [3.63, 3.8) is 0 Å². The normalized spacial score (nSPS) is 19.7. The molecule has 0 bridgehead atoms. The standard InChI is InChI=1S/C29H32N4O5/c30-32-31-25-16-17-27(38-28(25)34)26(21-36-19-23-12-6-2-7-13-23)33(18-22-10-4-1-5-11-22)29(35)37-20-24-14-8-3-9-15-24/h1-15,25-28,34H,16-21H2/t25-,26+,27+,28?/m1/s1. The van der Waals surface area contributed by atoms with Gasteiger partial charge in [-0.3, -0.25) is 4.90 Å². The second-order valence-corrected chi connectivity index (χ2v) is 9.14. The van der Waals surface area contributed by atoms with Gasteiger partial charge >= 0.3 is 6.09 Å². The van der Waals surface area contributed by atoms with Crippen molar-refractivity contribution in [1.29, 1.82) is 0 Å². The first-order chi connectivity index (χ1) is 18.6. The first kappa shape index (κ1) is 27.2. The van der Waals surface area contributed by atoms with Gasteiger partial charge in [0.25, 0.3) is 0 Å². The van der Waals surface area contributed by atoms with Crippen molar-refractivity contribution in [2.24, 2.45) is 5.11 Å². The molecule has 3 aromatic rings. The third-order valence-corrected chi connectivity index (χ3v) is 6.46. The smallest absolute Gasteiger partial charge is 0.410 e. The Labute approximate surface area is 222 Å². The van der Waals surface area contributed by atoms with Gasteiger partial charge in [0, 0.05) is 11.5 Å². The zero-order chi connectivity index (χ0) is 26.6. The molecule has 38 heavy (non-hydrogen) atoms. The number of hydrogen-bond acceptors (Lipinski definition) is 6. The molecule has 1 unspecified atom stereocenters. The van der Waals surface area contributed by atoms with Gasteiger partial charge in [0.1, 0.15) is 6.61 Å². The third-order valence-electron chi connectivity index (χ3n) is 6.46. The maximum absolute atomic E-state index is 13.6. The summed E-state index contributed by atoms with van der Waals surface area (Å²) in [6.45, 7) is 0.900. The Morgan fingerprint density at radius 2 is 1.53 bits per heavy atom. The van der Waals surface area contributed by atoms with Crippen LogP contribution in [0.4, 0.5) is 4.79 Å². The summed E-state index contributed by atoms with van der Waals surface area (Å²) in [5.41, 5.74) is 11.6. The summed E-state index contributed by atoms with van der Waals surface area (Å²) in [6.07, 6.45) is -1.46. The summed E-state index contributed by atoms with van der Waals surface area (Å²) in [5.74, 6) is 0. The summed E-state index contributed by atoms with van der Waals surface area (Å²) < 4.78 is 17.7. The molecule has 0 spiro atoms. The van der Waals surface area contributed by atoms with Gasteiger partial charge in [-0.25, -0.2) is 4.79 Å². The molecule has 1 heterocycles. The minimum atomic E-state index is -1.28. The molecule has 1 N–H and O–H groups in total. The molecule has 0 aromatic heterocycles. The molecule has 1 aliphatic rings. The van der Waals surface area contributed by atoms with Gasteiger partial charge in [-0.05, 0) is 35.1 Å². The fourth-order valence-electron chi connectivity index (χ4n) is 4.45. The molecule has 9 nitrogen and oxygen atoms in total. The molecular weight excluding hydrogens is 484 g/mol. The van der Waals surface area contributed by atoms with Crippen molar-refractivity contribution in [2.75, 3.05) is 6.61 Å². The van der Waals surface area contributed by atoms with Gasteiger partial charge < -0.3 is 19.3 Å². The van der Waals surface area contributed by atoms with Crippen molar-refractivity contribution in [1.82, 2.24) is 4.90 Å². The number of azide groups is 1. The van der Waals surface area contributed by atoms with Gasteiger partial charge in [-0.2, -0.15) is 0 Å². The number of nitrogens with zero attached hydrogens (tertiary/aromatic N) is 4. The number of aliphatic hydroxyl groups is 1. The average molecular weight is 517 g/mol. The van der Waals surface area contributed by atoms with E-state index < -0.39 is 30.6 Å². The van der Waals surface area contributed by atoms with Crippen molar-refractivity contribution in [3.05, 3.63) is 118 Å². The van der Waals surface area contributed by atoms with E-state index in [2.05, 4.69) is 10.0 Å². The number of benzene rings is 3. The quantitative estimate of drug-likeness (QED) is 0.203. The van der Waals surface area contributed by atoms with E-state index in [-0.39, 0.29) is 19.8 Å². The number of carbonyl (C=O) groups excluding carboxylic acids is 1. The van der Waals surface area contributed by atoms with Gasteiger partial charge in [0.05, 0.1) is 31.4 Å². The van der Waals surface area contributed by atoms with Crippen LogP contribution in [0.3, 0.4) is 0 Å². The number of carbonyl (C=O) groups is 1. The summed E-state index contributed by atoms with van der Waals surface area (Å²) in [4.78, 5) is 18.0. The van der Waals surface area contributed by atoms with Crippen LogP contribution in [-0.4, -0.2) is 47.2 Å². The van der Waals surface area contributed by atoms with Crippen LogP contribution in [-0.2, 0) is 34.0 Å². The van der Waals surface area contributed by atoms with Crippen LogP contribution in [0, 0.1) is 0 Å². The SMILES string of the molecule is [N-]=[N+]=N[C@@H]1CC[C@@H]([C@H](COCc2ccccc2)N(Cc2ccccc2)C(=O)OCc2ccccc2)OC1O. The van der Waals surface area contributed by atoms with Gasteiger partial charge in [0.2, 0.25) is 0 Å². The van der Waals surface area contributed by atoms with E-state index in [1.165, 1.54) is 0 Å². The highest BCUT2D eigenvalue weighted by atomic mass is 16.6. The summed E-state index contributed by atoms with van der Waals surface area (Å²) in [6, 6.07) is 27.6. The molecule has 9 heteroatoms. The fourth-order valence-corrected chi connectivity index (χ4v) is 4.45. The minimum absolute atomic E-state index is 0.121. The Kier molecular flexibility index (Phi) is 10.1. The molecule has 1 amide bonds. The van der Waals surface area contributed by atoms with E-state index in [0.717, 1.165) is 16.7 Å². The molecule has 4 rings (SSSR count). The predicted molar refractivity (Wildman–Crippen MR) is 142 cm³/mol. The lowest BCUT2D eigenvalue weighted by atomic mass is 9.97. The first-order valence-corrected chi connectivity index (χ1v) is 12.6. The molecule has 1 aliphatic heterocycles. The summed E-state index contributed by atoms with van der Waals surface area (Å²) in [5, 5.41) is 14.2. The molecular formula is C29H32N4O5. The van der Waals surface area contributed by atoms with Crippen molar-refractivity contribution < 1.29 is 24.1 Å². The second-order valence-electron chi connectivity index (χ2n) is 9.14. The van der Waals surface area contributed by atoms with Crippen molar-refractivity contribution >= 4 is 6.09 Å². The number of aliphatic hydroxyl groups excluding tert-OH is 1. The van der Waals surface area contributed by atoms with Crippen LogP contribution >= 0.6 is 0 Å². The lowest BCUT2D eigenvalue weighted by Crippen LogP contribution is -2.54. The summed E-state index contributed by atoms with van der Waals surface area (Å²) >= 11 is 0. The van der Waals surface area contributed by atoms with Crippen LogP contribution in [0.15, 0.2) is 96.1 Å². The van der Waals surface area contributed by atoms with Crippen LogP contribution < -0.4 is 0 Å². The monoisotopic (exact) mass is 516 g/mol. The van der Waals surface area contributed by atoms with Crippen LogP contribution in [0.25, 0.3) is 10.4 Å². The van der Waals surface area contributed by atoms with E-state index in [9.17, 15) is 9.90 Å². The first-order valence-electron chi connectivity index (χ1n) is 12.6. The van der Waals surface area contributed by atoms with Crippen molar-refractivity contribution in [2.45, 2.75) is 57.1 Å². The number of amides is 1. The largest absolute Gasteiger partial charge is 0.445 e. The van der Waals surface area contributed by atoms with Crippen molar-refractivity contribution in [3.8, 4) is 0 Å². The number of hydrogen-bond donors (Lipinski definition) is 1. The molecule has 0 aliphatic carbocycles. The predicted octanol–water partition coefficient (Wildman–Crippen LogP) is 5.59. The van der Waals surface area contributed by atoms with Gasteiger partial charge in [-0.1, -0.05) is 96.1 Å². The number of rotatable bonds is 11. The number of ether oxygens (including phenoxy) is 3. The van der Waals surface area contributed by atoms with E-state index in [4.69, 9.17) is 19.7 Å². The average Bonchev–Trinajstić information content (AvgIpc) is 2.96. The Balaban J connectivity index is 1.56. The lowest BCUT2D eigenvalue weighted by Gasteiger charge is -2.40. The highest BCUT2D eigenvalue weighted by molar-refractivity contribution is 5.68. The van der Waals surface area contributed by atoms with E-state index in [1.54, 1.807) is 4.90 Å². The third kappa shape index (κ3) is 7.81. The molecule has 4 atom stereocenters. The van der Waals surface area contributed by atoms with Crippen LogP contribution in [0.2, 0.25) is 0 Å². The van der Waals surface area contributed by atoms with Crippen LogP contribution in [0.5, 0.6) is 0 Å². The Hall–Kier alpha value is -3.88. The zero-order valence-electron chi connectivity index (χ0n) is 21.1. The maximum Gasteiger partial charge on any atom is 0.410 e. The zero-order valence-corrected chi connectivity index (χ0v) is 21.1. The van der Waals surface area contributed by atoms with Crippen LogP contribution in [0.1, 0.15) is 29.5 Å². The topological polar surface area (TPSA) is 117 Å². The van der Waals surface area contributed by atoms with E-state index >= 15 is 0 Å². The highest BCUT2D eigenvalue weighted by Gasteiger charge is 2.39. The van der Waals surface area contributed by atoms with Gasteiger partial charge in [0.15, 0.2) is 6.29 Å². The van der Waals surface area contributed by atoms with E-state index in [1.807, 2.05) is 91.0 Å². The molecule has 1 fully saturated rings. The van der Waals surface area contributed by atoms with E-state index in [0.29, 0.717) is 19.4 Å². The second kappa shape index (κ2) is 14.2. The lowest BCUT2D eigenvalue weighted by molar-refractivity contribution is -0.193. The fraction of sp³-hybridized carbons (Fsp3) is 0.345. The minimum Gasteiger partial charge on any atom is -0.445 e. The van der Waals surface area contributed by atoms with Gasteiger partial charge in [-0.15, -0.1) is 0 Å². The summed E-state index contributed by atoms with van der Waals surface area (Å²) in [7, 11) is 0. The Morgan fingerprint density at radius 3 is 2.11 bits per heavy atom. The Bertz CT molecular complexity index is 1180. The highest BCUT2D eigenvalue weighted by Crippen LogP contribution is 2.27. The molecule has 0 saturated carbocycles. The molecule has 3 aromatic carbocycles. The maximum atomic E-state index is 13.6.